The average Bonchev–Trinajstić information content (AvgIpc) is 3.48. The third kappa shape index (κ3) is 4.91. The van der Waals surface area contributed by atoms with Crippen molar-refractivity contribution in [3.63, 3.8) is 0 Å². The number of aromatic nitrogens is 3. The molecular formula is C30H32N6O4. The zero-order valence-corrected chi connectivity index (χ0v) is 22.8. The lowest BCUT2D eigenvalue weighted by Gasteiger charge is -2.40. The summed E-state index contributed by atoms with van der Waals surface area (Å²) in [5.41, 5.74) is 3.58. The van der Waals surface area contributed by atoms with Gasteiger partial charge in [0.05, 0.1) is 29.4 Å². The van der Waals surface area contributed by atoms with Crippen molar-refractivity contribution in [3.8, 4) is 17.0 Å². The van der Waals surface area contributed by atoms with Crippen molar-refractivity contribution in [1.82, 2.24) is 25.1 Å². The molecule has 10 nitrogen and oxygen atoms in total. The van der Waals surface area contributed by atoms with E-state index in [1.165, 1.54) is 0 Å². The molecule has 1 fully saturated rings. The number of pyridine rings is 1. The van der Waals surface area contributed by atoms with E-state index in [0.29, 0.717) is 17.7 Å². The summed E-state index contributed by atoms with van der Waals surface area (Å²) >= 11 is 0. The lowest BCUT2D eigenvalue weighted by atomic mass is 10.1. The second-order valence-electron chi connectivity index (χ2n) is 10.5. The van der Waals surface area contributed by atoms with E-state index in [9.17, 15) is 9.59 Å². The third-order valence-corrected chi connectivity index (χ3v) is 7.37. The van der Waals surface area contributed by atoms with Gasteiger partial charge in [0.2, 0.25) is 0 Å². The largest absolute Gasteiger partial charge is 0.491 e. The second-order valence-corrected chi connectivity index (χ2v) is 10.5. The maximum atomic E-state index is 12.5. The summed E-state index contributed by atoms with van der Waals surface area (Å²) in [6, 6.07) is 17.0. The van der Waals surface area contributed by atoms with Crippen molar-refractivity contribution < 1.29 is 19.2 Å². The number of imide groups is 1. The maximum absolute atomic E-state index is 12.5. The van der Waals surface area contributed by atoms with Crippen LogP contribution in [0.2, 0.25) is 0 Å². The highest BCUT2D eigenvalue weighted by molar-refractivity contribution is 6.20. The van der Waals surface area contributed by atoms with E-state index in [2.05, 4.69) is 38.0 Å². The van der Waals surface area contributed by atoms with Gasteiger partial charge < -0.3 is 9.64 Å². The molecule has 0 spiro atoms. The van der Waals surface area contributed by atoms with Gasteiger partial charge in [-0.3, -0.25) is 24.4 Å². The zero-order valence-electron chi connectivity index (χ0n) is 22.8. The molecule has 1 saturated heterocycles. The number of H-pyrrole nitrogens is 1. The van der Waals surface area contributed by atoms with Crippen molar-refractivity contribution in [2.75, 3.05) is 37.7 Å². The molecule has 1 atom stereocenters. The Morgan fingerprint density at radius 2 is 1.80 bits per heavy atom. The first-order valence-corrected chi connectivity index (χ1v) is 13.6. The van der Waals surface area contributed by atoms with Gasteiger partial charge >= 0.3 is 0 Å². The van der Waals surface area contributed by atoms with Crippen LogP contribution in [-0.4, -0.2) is 81.9 Å². The summed E-state index contributed by atoms with van der Waals surface area (Å²) in [6.07, 6.45) is 1.92. The normalized spacial score (nSPS) is 17.8. The van der Waals surface area contributed by atoms with Crippen LogP contribution in [-0.2, 0) is 4.84 Å². The molecule has 206 valence electrons. The standard InChI is InChI=1S/C30H32N6O4/c1-19(2)40-22-8-9-26-25(17-22)28(33-32-26)21-10-11-31-27(16-21)35-13-12-34(20(3)18-35)14-15-39-36-29(37)23-6-4-5-7-24(23)30(36)38/h4-11,16-17,19-20H,12-15,18H2,1-3H3,(H,32,33)/t20-/m0/s1. The maximum Gasteiger partial charge on any atom is 0.285 e. The Labute approximate surface area is 232 Å². The third-order valence-electron chi connectivity index (χ3n) is 7.37. The van der Waals surface area contributed by atoms with Crippen LogP contribution in [0.1, 0.15) is 41.5 Å². The Kier molecular flexibility index (Phi) is 6.95. The van der Waals surface area contributed by atoms with E-state index in [-0.39, 0.29) is 18.8 Å². The first-order chi connectivity index (χ1) is 19.4. The molecule has 40 heavy (non-hydrogen) atoms. The Hall–Kier alpha value is -4.28. The monoisotopic (exact) mass is 540 g/mol. The fourth-order valence-corrected chi connectivity index (χ4v) is 5.37. The van der Waals surface area contributed by atoms with Crippen molar-refractivity contribution in [2.45, 2.75) is 32.9 Å². The molecule has 0 saturated carbocycles. The van der Waals surface area contributed by atoms with Gasteiger partial charge in [0.25, 0.3) is 11.8 Å². The predicted octanol–water partition coefficient (Wildman–Crippen LogP) is 4.15. The number of piperazine rings is 1. The van der Waals surface area contributed by atoms with Gasteiger partial charge in [-0.25, -0.2) is 4.98 Å². The molecule has 2 aromatic heterocycles. The van der Waals surface area contributed by atoms with Gasteiger partial charge in [0.15, 0.2) is 0 Å². The summed E-state index contributed by atoms with van der Waals surface area (Å²) in [4.78, 5) is 40.0. The van der Waals surface area contributed by atoms with E-state index in [4.69, 9.17) is 9.57 Å². The van der Waals surface area contributed by atoms with Crippen LogP contribution < -0.4 is 9.64 Å². The molecule has 2 amide bonds. The number of carbonyl (C=O) groups is 2. The van der Waals surface area contributed by atoms with Crippen LogP contribution in [0.15, 0.2) is 60.8 Å². The van der Waals surface area contributed by atoms with E-state index in [1.54, 1.807) is 24.3 Å². The lowest BCUT2D eigenvalue weighted by Crippen LogP contribution is -2.53. The van der Waals surface area contributed by atoms with Gasteiger partial charge in [-0.05, 0) is 63.2 Å². The van der Waals surface area contributed by atoms with Crippen molar-refractivity contribution in [2.24, 2.45) is 0 Å². The molecule has 2 aliphatic heterocycles. The van der Waals surface area contributed by atoms with Crippen LogP contribution >= 0.6 is 0 Å². The highest BCUT2D eigenvalue weighted by atomic mass is 16.7. The molecule has 0 aliphatic carbocycles. The molecule has 1 N–H and O–H groups in total. The van der Waals surface area contributed by atoms with Crippen molar-refractivity contribution in [1.29, 1.82) is 0 Å². The second kappa shape index (κ2) is 10.7. The Morgan fingerprint density at radius 1 is 1.02 bits per heavy atom. The number of nitrogens with zero attached hydrogens (tertiary/aromatic N) is 5. The zero-order chi connectivity index (χ0) is 27.8. The summed E-state index contributed by atoms with van der Waals surface area (Å²) < 4.78 is 5.89. The minimum absolute atomic E-state index is 0.0925. The highest BCUT2D eigenvalue weighted by Crippen LogP contribution is 2.31. The molecule has 0 bridgehead atoms. The topological polar surface area (TPSA) is 104 Å². The summed E-state index contributed by atoms with van der Waals surface area (Å²) in [6.45, 7) is 9.43. The van der Waals surface area contributed by atoms with Gasteiger partial charge in [0.1, 0.15) is 17.3 Å². The number of hydrogen-bond acceptors (Lipinski definition) is 8. The number of anilines is 1. The molecule has 4 aromatic rings. The smallest absolute Gasteiger partial charge is 0.285 e. The molecule has 4 heterocycles. The fraction of sp³-hybridized carbons (Fsp3) is 0.333. The Morgan fingerprint density at radius 3 is 2.52 bits per heavy atom. The molecule has 10 heteroatoms. The average molecular weight is 541 g/mol. The number of carbonyl (C=O) groups excluding carboxylic acids is 2. The first kappa shape index (κ1) is 26.0. The molecule has 2 aliphatic rings. The van der Waals surface area contributed by atoms with Gasteiger partial charge in [-0.1, -0.05) is 12.1 Å². The highest BCUT2D eigenvalue weighted by Gasteiger charge is 2.36. The van der Waals surface area contributed by atoms with Crippen LogP contribution in [0.5, 0.6) is 5.75 Å². The minimum Gasteiger partial charge on any atom is -0.491 e. The van der Waals surface area contributed by atoms with Gasteiger partial charge in [-0.15, -0.1) is 5.06 Å². The van der Waals surface area contributed by atoms with Crippen molar-refractivity contribution >= 4 is 28.5 Å². The molecule has 0 radical (unpaired) electrons. The number of hydrogen-bond donors (Lipinski definition) is 1. The molecule has 6 rings (SSSR count). The molecule has 2 aromatic carbocycles. The van der Waals surface area contributed by atoms with E-state index >= 15 is 0 Å². The van der Waals surface area contributed by atoms with Crippen LogP contribution in [0.25, 0.3) is 22.2 Å². The lowest BCUT2D eigenvalue weighted by molar-refractivity contribution is -0.0973. The van der Waals surface area contributed by atoms with Gasteiger partial charge in [0, 0.05) is 49.4 Å². The Balaban J connectivity index is 1.09. The SMILES string of the molecule is CC(C)Oc1ccc2[nH]nc(-c3ccnc(N4CCN(CCON5C(=O)c6ccccc6C5=O)[C@@H](C)C4)c3)c2c1. The number of nitrogens with one attached hydrogen (secondary N) is 1. The number of aromatic amines is 1. The van der Waals surface area contributed by atoms with Crippen LogP contribution in [0, 0.1) is 0 Å². The number of rotatable bonds is 8. The van der Waals surface area contributed by atoms with Crippen molar-refractivity contribution in [3.05, 3.63) is 71.9 Å². The summed E-state index contributed by atoms with van der Waals surface area (Å²) in [5, 5.41) is 9.61. The first-order valence-electron chi connectivity index (χ1n) is 13.6. The minimum atomic E-state index is -0.405. The van der Waals surface area contributed by atoms with Crippen LogP contribution in [0.3, 0.4) is 0 Å². The number of hydroxylamine groups is 2. The molecule has 0 unspecified atom stereocenters. The Bertz CT molecular complexity index is 1530. The number of ether oxygens (including phenoxy) is 1. The molecular weight excluding hydrogens is 508 g/mol. The quantitative estimate of drug-likeness (QED) is 0.333. The summed E-state index contributed by atoms with van der Waals surface area (Å²) in [7, 11) is 0. The number of benzene rings is 2. The predicted molar refractivity (Wildman–Crippen MR) is 151 cm³/mol. The van der Waals surface area contributed by atoms with Gasteiger partial charge in [-0.2, -0.15) is 5.10 Å². The van der Waals surface area contributed by atoms with E-state index in [1.807, 2.05) is 44.3 Å². The fourth-order valence-electron chi connectivity index (χ4n) is 5.37. The van der Waals surface area contributed by atoms with E-state index in [0.717, 1.165) is 58.4 Å². The number of amides is 2. The summed E-state index contributed by atoms with van der Waals surface area (Å²) in [5.74, 6) is 0.906. The number of fused-ring (bicyclic) bond motifs is 2. The van der Waals surface area contributed by atoms with Crippen LogP contribution in [0.4, 0.5) is 5.82 Å². The van der Waals surface area contributed by atoms with E-state index < -0.39 is 11.8 Å².